The van der Waals surface area contributed by atoms with Crippen LogP contribution in [0.3, 0.4) is 0 Å². The van der Waals surface area contributed by atoms with Crippen molar-refractivity contribution in [1.29, 1.82) is 0 Å². The van der Waals surface area contributed by atoms with Gasteiger partial charge in [0.2, 0.25) is 5.91 Å². The molecule has 1 aliphatic heterocycles. The van der Waals surface area contributed by atoms with Gasteiger partial charge in [0.15, 0.2) is 5.65 Å². The Hall–Kier alpha value is -3.43. The van der Waals surface area contributed by atoms with E-state index in [-0.39, 0.29) is 11.8 Å². The molecule has 0 spiro atoms. The van der Waals surface area contributed by atoms with Crippen LogP contribution in [0.1, 0.15) is 30.1 Å². The van der Waals surface area contributed by atoms with E-state index in [1.54, 1.807) is 35.0 Å². The topological polar surface area (TPSA) is 91.6 Å². The third-order valence-electron chi connectivity index (χ3n) is 6.48. The van der Waals surface area contributed by atoms with Crippen LogP contribution in [0, 0.1) is 5.92 Å². The number of aromatic nitrogens is 3. The molecular weight excluding hydrogens is 556 g/mol. The molecule has 1 fully saturated rings. The number of halogens is 2. The minimum Gasteiger partial charge on any atom is -0.370 e. The average Bonchev–Trinajstić information content (AvgIpc) is 3.28. The largest absolute Gasteiger partial charge is 0.370 e. The predicted molar refractivity (Wildman–Crippen MR) is 149 cm³/mol. The summed E-state index contributed by atoms with van der Waals surface area (Å²) < 4.78 is 2.59. The Morgan fingerprint density at radius 3 is 2.65 bits per heavy atom. The fourth-order valence-corrected chi connectivity index (χ4v) is 5.15. The number of anilines is 2. The molecule has 2 aromatic carbocycles. The van der Waals surface area contributed by atoms with Crippen LogP contribution in [-0.4, -0.2) is 50.9 Å². The molecule has 2 N–H and O–H groups in total. The summed E-state index contributed by atoms with van der Waals surface area (Å²) >= 11 is 9.99. The summed E-state index contributed by atoms with van der Waals surface area (Å²) in [6, 6.07) is 16.7. The van der Waals surface area contributed by atoms with Crippen molar-refractivity contribution in [2.24, 2.45) is 5.92 Å². The summed E-state index contributed by atoms with van der Waals surface area (Å²) in [7, 11) is 0. The van der Waals surface area contributed by atoms with Gasteiger partial charge in [0.1, 0.15) is 5.82 Å². The number of nitrogens with zero attached hydrogens (tertiary/aromatic N) is 4. The Morgan fingerprint density at radius 1 is 1.11 bits per heavy atom. The highest BCUT2D eigenvalue weighted by Crippen LogP contribution is 2.31. The van der Waals surface area contributed by atoms with Gasteiger partial charge in [0, 0.05) is 54.5 Å². The number of nitrogens with one attached hydrogen (secondary N) is 2. The van der Waals surface area contributed by atoms with Gasteiger partial charge in [-0.25, -0.2) is 4.98 Å². The third-order valence-corrected chi connectivity index (χ3v) is 7.37. The predicted octanol–water partition coefficient (Wildman–Crippen LogP) is 5.73. The lowest BCUT2D eigenvalue weighted by atomic mass is 9.96. The SMILES string of the molecule is CC(=O)Nc1cccc(C(=O)N2CCC(CNc3cc(-c4ccccc4Cl)nc4c(Br)cnn34)CC2)c1. The van der Waals surface area contributed by atoms with Gasteiger partial charge in [-0.05, 0) is 59.0 Å². The van der Waals surface area contributed by atoms with Crippen molar-refractivity contribution in [2.45, 2.75) is 19.8 Å². The summed E-state index contributed by atoms with van der Waals surface area (Å²) in [6.45, 7) is 3.56. The van der Waals surface area contributed by atoms with Crippen LogP contribution in [0.15, 0.2) is 65.3 Å². The Bertz CT molecular complexity index is 1460. The second kappa shape index (κ2) is 10.9. The normalized spacial score (nSPS) is 14.1. The van der Waals surface area contributed by atoms with E-state index in [4.69, 9.17) is 16.6 Å². The molecular formula is C27H26BrClN6O2. The zero-order valence-corrected chi connectivity index (χ0v) is 22.6. The maximum atomic E-state index is 13.0. The van der Waals surface area contributed by atoms with Crippen LogP contribution in [-0.2, 0) is 4.79 Å². The highest BCUT2D eigenvalue weighted by Gasteiger charge is 2.24. The Morgan fingerprint density at radius 2 is 1.89 bits per heavy atom. The van der Waals surface area contributed by atoms with Gasteiger partial charge in [-0.1, -0.05) is 35.9 Å². The molecule has 190 valence electrons. The lowest BCUT2D eigenvalue weighted by molar-refractivity contribution is -0.114. The standard InChI is InChI=1S/C27H26BrClN6O2/c1-17(36)32-20-6-4-5-19(13-20)27(37)34-11-9-18(10-12-34)15-30-25-14-24(21-7-2-3-8-23(21)29)33-26-22(28)16-31-35(25)26/h2-8,13-14,16,18,30H,9-12,15H2,1H3,(H,32,36). The summed E-state index contributed by atoms with van der Waals surface area (Å²) in [6.07, 6.45) is 3.51. The zero-order chi connectivity index (χ0) is 25.9. The molecule has 1 saturated heterocycles. The van der Waals surface area contributed by atoms with E-state index in [1.165, 1.54) is 6.92 Å². The molecule has 0 radical (unpaired) electrons. The van der Waals surface area contributed by atoms with Gasteiger partial charge >= 0.3 is 0 Å². The second-order valence-corrected chi connectivity index (χ2v) is 10.4. The first kappa shape index (κ1) is 25.2. The molecule has 8 nitrogen and oxygen atoms in total. The highest BCUT2D eigenvalue weighted by atomic mass is 79.9. The van der Waals surface area contributed by atoms with E-state index in [2.05, 4.69) is 31.7 Å². The Balaban J connectivity index is 1.25. The van der Waals surface area contributed by atoms with Crippen LogP contribution >= 0.6 is 27.5 Å². The average molecular weight is 582 g/mol. The number of hydrogen-bond donors (Lipinski definition) is 2. The molecule has 0 atom stereocenters. The van der Waals surface area contributed by atoms with Crippen LogP contribution in [0.5, 0.6) is 0 Å². The van der Waals surface area contributed by atoms with Gasteiger partial charge in [0.05, 0.1) is 16.4 Å². The number of hydrogen-bond acceptors (Lipinski definition) is 5. The summed E-state index contributed by atoms with van der Waals surface area (Å²) in [5, 5.41) is 11.4. The fraction of sp³-hybridized carbons (Fsp3) is 0.259. The molecule has 0 saturated carbocycles. The van der Waals surface area contributed by atoms with E-state index >= 15 is 0 Å². The van der Waals surface area contributed by atoms with Crippen LogP contribution < -0.4 is 10.6 Å². The smallest absolute Gasteiger partial charge is 0.253 e. The third kappa shape index (κ3) is 5.62. The molecule has 37 heavy (non-hydrogen) atoms. The fourth-order valence-electron chi connectivity index (χ4n) is 4.57. The summed E-state index contributed by atoms with van der Waals surface area (Å²) in [5.41, 5.74) is 3.55. The second-order valence-electron chi connectivity index (χ2n) is 9.11. The Kier molecular flexibility index (Phi) is 7.43. The number of fused-ring (bicyclic) bond motifs is 1. The lowest BCUT2D eigenvalue weighted by Gasteiger charge is -2.32. The first-order valence-electron chi connectivity index (χ1n) is 12.1. The molecule has 4 aromatic rings. The van der Waals surface area contributed by atoms with Crippen molar-refractivity contribution >= 4 is 56.5 Å². The van der Waals surface area contributed by atoms with Gasteiger partial charge in [-0.2, -0.15) is 9.61 Å². The summed E-state index contributed by atoms with van der Waals surface area (Å²) in [4.78, 5) is 31.0. The number of benzene rings is 2. The molecule has 0 aliphatic carbocycles. The van der Waals surface area contributed by atoms with Crippen LogP contribution in [0.25, 0.3) is 16.9 Å². The van der Waals surface area contributed by atoms with E-state index in [1.807, 2.05) is 35.2 Å². The highest BCUT2D eigenvalue weighted by molar-refractivity contribution is 9.10. The molecule has 1 aliphatic rings. The zero-order valence-electron chi connectivity index (χ0n) is 20.2. The van der Waals surface area contributed by atoms with Crippen molar-refractivity contribution in [2.75, 3.05) is 30.3 Å². The number of carbonyl (C=O) groups excluding carboxylic acids is 2. The van der Waals surface area contributed by atoms with E-state index in [9.17, 15) is 9.59 Å². The maximum Gasteiger partial charge on any atom is 0.253 e. The molecule has 2 amide bonds. The quantitative estimate of drug-likeness (QED) is 0.303. The molecule has 10 heteroatoms. The van der Waals surface area contributed by atoms with Crippen molar-refractivity contribution in [1.82, 2.24) is 19.5 Å². The molecule has 0 unspecified atom stereocenters. The number of carbonyl (C=O) groups is 2. The number of piperidine rings is 1. The monoisotopic (exact) mass is 580 g/mol. The van der Waals surface area contributed by atoms with E-state index in [0.717, 1.165) is 40.9 Å². The number of amides is 2. The van der Waals surface area contributed by atoms with Gasteiger partial charge < -0.3 is 15.5 Å². The van der Waals surface area contributed by atoms with Crippen LogP contribution in [0.2, 0.25) is 5.02 Å². The molecule has 2 aromatic heterocycles. The Labute approximate surface area is 228 Å². The van der Waals surface area contributed by atoms with Crippen molar-refractivity contribution in [3.8, 4) is 11.3 Å². The van der Waals surface area contributed by atoms with Crippen molar-refractivity contribution in [3.05, 3.63) is 75.9 Å². The summed E-state index contributed by atoms with van der Waals surface area (Å²) in [5.74, 6) is 1.06. The van der Waals surface area contributed by atoms with E-state index in [0.29, 0.717) is 40.9 Å². The van der Waals surface area contributed by atoms with Crippen LogP contribution in [0.4, 0.5) is 11.5 Å². The van der Waals surface area contributed by atoms with Gasteiger partial charge in [-0.3, -0.25) is 9.59 Å². The maximum absolute atomic E-state index is 13.0. The lowest BCUT2D eigenvalue weighted by Crippen LogP contribution is -2.40. The number of rotatable bonds is 6. The first-order valence-corrected chi connectivity index (χ1v) is 13.3. The molecule has 3 heterocycles. The minimum absolute atomic E-state index is 0.0137. The molecule has 5 rings (SSSR count). The molecule has 0 bridgehead atoms. The van der Waals surface area contributed by atoms with Crippen molar-refractivity contribution in [3.63, 3.8) is 0 Å². The first-order chi connectivity index (χ1) is 17.9. The minimum atomic E-state index is -0.161. The van der Waals surface area contributed by atoms with Gasteiger partial charge in [0.25, 0.3) is 5.91 Å². The number of likely N-dealkylation sites (tertiary alicyclic amines) is 1. The van der Waals surface area contributed by atoms with E-state index < -0.39 is 0 Å². The van der Waals surface area contributed by atoms with Gasteiger partial charge in [-0.15, -0.1) is 0 Å². The van der Waals surface area contributed by atoms with Crippen molar-refractivity contribution < 1.29 is 9.59 Å².